The van der Waals surface area contributed by atoms with Gasteiger partial charge in [0.15, 0.2) is 0 Å². The van der Waals surface area contributed by atoms with Crippen molar-refractivity contribution in [3.05, 3.63) is 65.5 Å². The molecule has 5 heteroatoms. The zero-order valence-corrected chi connectivity index (χ0v) is 17.4. The molecule has 4 rings (SSSR count). The molecule has 2 aliphatic rings. The molecule has 2 heterocycles. The molecular formula is C24H31N3O2. The van der Waals surface area contributed by atoms with Gasteiger partial charge in [0.1, 0.15) is 0 Å². The van der Waals surface area contributed by atoms with Gasteiger partial charge in [0.2, 0.25) is 5.91 Å². The second-order valence-corrected chi connectivity index (χ2v) is 8.73. The van der Waals surface area contributed by atoms with Crippen LogP contribution in [0.1, 0.15) is 55.8 Å². The number of nitrogens with one attached hydrogen (secondary N) is 2. The summed E-state index contributed by atoms with van der Waals surface area (Å²) in [6.45, 7) is 6.58. The minimum atomic E-state index is -0.118. The largest absolute Gasteiger partial charge is 0.370 e. The van der Waals surface area contributed by atoms with Crippen LogP contribution < -0.4 is 10.6 Å². The summed E-state index contributed by atoms with van der Waals surface area (Å²) in [4.78, 5) is 16.9. The summed E-state index contributed by atoms with van der Waals surface area (Å²) in [6.07, 6.45) is 6.10. The summed E-state index contributed by atoms with van der Waals surface area (Å²) < 4.78 is 6.60. The summed E-state index contributed by atoms with van der Waals surface area (Å²) in [6, 6.07) is 12.4. The van der Waals surface area contributed by atoms with Gasteiger partial charge in [-0.2, -0.15) is 0 Å². The van der Waals surface area contributed by atoms with Gasteiger partial charge in [-0.3, -0.25) is 9.78 Å². The molecule has 0 radical (unpaired) electrons. The molecule has 2 atom stereocenters. The van der Waals surface area contributed by atoms with Crippen molar-refractivity contribution in [2.45, 2.75) is 57.3 Å². The first-order valence-corrected chi connectivity index (χ1v) is 10.7. The molecule has 1 fully saturated rings. The van der Waals surface area contributed by atoms with E-state index < -0.39 is 0 Å². The molecule has 1 amide bonds. The Balaban J connectivity index is 1.66. The van der Waals surface area contributed by atoms with E-state index >= 15 is 0 Å². The fraction of sp³-hybridized carbons (Fsp3) is 0.500. The maximum atomic E-state index is 12.7. The molecule has 5 nitrogen and oxygen atoms in total. The van der Waals surface area contributed by atoms with Crippen LogP contribution in [-0.4, -0.2) is 30.1 Å². The van der Waals surface area contributed by atoms with E-state index in [9.17, 15) is 4.79 Å². The average molecular weight is 394 g/mol. The molecular weight excluding hydrogens is 362 g/mol. The zero-order chi connectivity index (χ0) is 20.3. The number of carbonyl (C=O) groups is 1. The number of aromatic nitrogens is 1. The van der Waals surface area contributed by atoms with Gasteiger partial charge in [0, 0.05) is 24.2 Å². The third-order valence-corrected chi connectivity index (χ3v) is 6.24. The number of nitrogens with zero attached hydrogens (tertiary/aromatic N) is 1. The topological polar surface area (TPSA) is 63.2 Å². The Bertz CT molecular complexity index is 831. The van der Waals surface area contributed by atoms with Crippen molar-refractivity contribution in [3.8, 4) is 0 Å². The highest BCUT2D eigenvalue weighted by molar-refractivity contribution is 5.77. The third-order valence-electron chi connectivity index (χ3n) is 6.24. The highest BCUT2D eigenvalue weighted by Gasteiger charge is 2.53. The number of hydrogen-bond donors (Lipinski definition) is 2. The van der Waals surface area contributed by atoms with Crippen molar-refractivity contribution < 1.29 is 9.53 Å². The van der Waals surface area contributed by atoms with Crippen molar-refractivity contribution in [2.24, 2.45) is 5.92 Å². The molecule has 0 saturated carbocycles. The van der Waals surface area contributed by atoms with Crippen LogP contribution in [0.15, 0.2) is 48.8 Å². The Kier molecular flexibility index (Phi) is 5.97. The summed E-state index contributed by atoms with van der Waals surface area (Å²) in [7, 11) is 0. The van der Waals surface area contributed by atoms with E-state index in [0.717, 1.165) is 31.5 Å². The lowest BCUT2D eigenvalue weighted by Gasteiger charge is -2.41. The van der Waals surface area contributed by atoms with Crippen molar-refractivity contribution in [2.75, 3.05) is 13.1 Å². The standard InChI is InChI=1S/C24H31N3O2/c1-17(2)14-21(28)27-22-19-7-3-4-8-20(19)24(9-12-25-13-10-24)23(22)29-16-18-6-5-11-26-15-18/h3-8,11,15,17,22-23,25H,9-10,12-14,16H2,1-2H3,(H,27,28)/t22-,23+/m1/s1. The first-order valence-electron chi connectivity index (χ1n) is 10.7. The van der Waals surface area contributed by atoms with Crippen LogP contribution in [0.3, 0.4) is 0 Å². The number of amides is 1. The molecule has 0 bridgehead atoms. The summed E-state index contributed by atoms with van der Waals surface area (Å²) >= 11 is 0. The Hall–Kier alpha value is -2.24. The van der Waals surface area contributed by atoms with Crippen LogP contribution in [0.25, 0.3) is 0 Å². The van der Waals surface area contributed by atoms with E-state index in [2.05, 4.69) is 53.7 Å². The lowest BCUT2D eigenvalue weighted by atomic mass is 9.72. The number of fused-ring (bicyclic) bond motifs is 2. The predicted octanol–water partition coefficient (Wildman–Crippen LogP) is 3.51. The van der Waals surface area contributed by atoms with Crippen LogP contribution in [0, 0.1) is 5.92 Å². The molecule has 2 aromatic rings. The number of pyridine rings is 1. The van der Waals surface area contributed by atoms with E-state index in [1.54, 1.807) is 6.20 Å². The molecule has 1 saturated heterocycles. The minimum absolute atomic E-state index is 0.0696. The van der Waals surface area contributed by atoms with E-state index in [0.29, 0.717) is 18.9 Å². The molecule has 29 heavy (non-hydrogen) atoms. The van der Waals surface area contributed by atoms with Gasteiger partial charge in [-0.25, -0.2) is 0 Å². The van der Waals surface area contributed by atoms with Gasteiger partial charge >= 0.3 is 0 Å². The SMILES string of the molecule is CC(C)CC(=O)N[C@@H]1c2ccccc2C2(CCNCC2)[C@H]1OCc1cccnc1. The van der Waals surface area contributed by atoms with Gasteiger partial charge in [-0.1, -0.05) is 44.2 Å². The average Bonchev–Trinajstić information content (AvgIpc) is 2.96. The van der Waals surface area contributed by atoms with Crippen LogP contribution >= 0.6 is 0 Å². The van der Waals surface area contributed by atoms with E-state index in [1.165, 1.54) is 11.1 Å². The smallest absolute Gasteiger partial charge is 0.220 e. The fourth-order valence-corrected chi connectivity index (χ4v) is 4.97. The number of rotatable bonds is 6. The Morgan fingerprint density at radius 3 is 2.76 bits per heavy atom. The maximum Gasteiger partial charge on any atom is 0.220 e. The van der Waals surface area contributed by atoms with Crippen molar-refractivity contribution in [3.63, 3.8) is 0 Å². The predicted molar refractivity (Wildman–Crippen MR) is 113 cm³/mol. The molecule has 2 N–H and O–H groups in total. The van der Waals surface area contributed by atoms with Crippen LogP contribution in [0.5, 0.6) is 0 Å². The van der Waals surface area contributed by atoms with E-state index in [-0.39, 0.29) is 23.5 Å². The molecule has 1 spiro atoms. The number of hydrogen-bond acceptors (Lipinski definition) is 4. The lowest BCUT2D eigenvalue weighted by molar-refractivity contribution is -0.124. The summed E-state index contributed by atoms with van der Waals surface area (Å²) in [5.74, 6) is 0.426. The second kappa shape index (κ2) is 8.64. The molecule has 0 unspecified atom stereocenters. The monoisotopic (exact) mass is 393 g/mol. The summed E-state index contributed by atoms with van der Waals surface area (Å²) in [5, 5.41) is 6.81. The maximum absolute atomic E-state index is 12.7. The van der Waals surface area contributed by atoms with Gasteiger partial charge in [0.25, 0.3) is 0 Å². The Labute approximate surface area is 173 Å². The molecule has 154 valence electrons. The van der Waals surface area contributed by atoms with Crippen LogP contribution in [-0.2, 0) is 21.6 Å². The highest BCUT2D eigenvalue weighted by Crippen LogP contribution is 2.51. The Morgan fingerprint density at radius 1 is 1.24 bits per heavy atom. The third kappa shape index (κ3) is 4.07. The number of benzene rings is 1. The molecule has 1 aromatic heterocycles. The highest BCUT2D eigenvalue weighted by atomic mass is 16.5. The van der Waals surface area contributed by atoms with Crippen LogP contribution in [0.2, 0.25) is 0 Å². The Morgan fingerprint density at radius 2 is 2.03 bits per heavy atom. The summed E-state index contributed by atoms with van der Waals surface area (Å²) in [5.41, 5.74) is 3.54. The van der Waals surface area contributed by atoms with Crippen molar-refractivity contribution in [1.82, 2.24) is 15.6 Å². The van der Waals surface area contributed by atoms with Gasteiger partial charge in [-0.05, 0) is 54.6 Å². The fourth-order valence-electron chi connectivity index (χ4n) is 4.97. The lowest BCUT2D eigenvalue weighted by Crippen LogP contribution is -2.49. The number of ether oxygens (including phenoxy) is 1. The van der Waals surface area contributed by atoms with Crippen molar-refractivity contribution >= 4 is 5.91 Å². The van der Waals surface area contributed by atoms with E-state index in [1.807, 2.05) is 18.3 Å². The van der Waals surface area contributed by atoms with E-state index in [4.69, 9.17) is 4.74 Å². The van der Waals surface area contributed by atoms with Gasteiger partial charge in [-0.15, -0.1) is 0 Å². The van der Waals surface area contributed by atoms with Gasteiger partial charge in [0.05, 0.1) is 18.8 Å². The normalized spacial score (nSPS) is 22.6. The second-order valence-electron chi connectivity index (χ2n) is 8.73. The first kappa shape index (κ1) is 20.0. The number of piperidine rings is 1. The first-order chi connectivity index (χ1) is 14.1. The molecule has 1 aliphatic carbocycles. The quantitative estimate of drug-likeness (QED) is 0.788. The van der Waals surface area contributed by atoms with Crippen LogP contribution in [0.4, 0.5) is 0 Å². The zero-order valence-electron chi connectivity index (χ0n) is 17.4. The van der Waals surface area contributed by atoms with Crippen molar-refractivity contribution in [1.29, 1.82) is 0 Å². The number of carbonyl (C=O) groups excluding carboxylic acids is 1. The molecule has 1 aromatic carbocycles. The minimum Gasteiger partial charge on any atom is -0.370 e. The van der Waals surface area contributed by atoms with Gasteiger partial charge < -0.3 is 15.4 Å². The molecule has 1 aliphatic heterocycles.